The number of hydrogen-bond acceptors (Lipinski definition) is 4. The van der Waals surface area contributed by atoms with Gasteiger partial charge in [-0.3, -0.25) is 0 Å². The second kappa shape index (κ2) is 6.41. The Kier molecular flexibility index (Phi) is 4.16. The Morgan fingerprint density at radius 1 is 1.05 bits per heavy atom. The van der Waals surface area contributed by atoms with Gasteiger partial charge >= 0.3 is 0 Å². The Morgan fingerprint density at radius 2 is 1.77 bits per heavy atom. The van der Waals surface area contributed by atoms with E-state index in [-0.39, 0.29) is 6.61 Å². The van der Waals surface area contributed by atoms with Crippen molar-refractivity contribution in [2.75, 3.05) is 0 Å². The summed E-state index contributed by atoms with van der Waals surface area (Å²) in [7, 11) is 0. The van der Waals surface area contributed by atoms with Crippen LogP contribution in [0.4, 0.5) is 0 Å². The second-order valence-corrected chi connectivity index (χ2v) is 4.94. The number of ether oxygens (including phenoxy) is 1. The monoisotopic (exact) mass is 295 g/mol. The smallest absolute Gasteiger partial charge is 0.132 e. The Hall–Kier alpha value is -2.66. The van der Waals surface area contributed by atoms with Crippen LogP contribution in [0.3, 0.4) is 0 Å². The Morgan fingerprint density at radius 3 is 2.50 bits per heavy atom. The van der Waals surface area contributed by atoms with Crippen molar-refractivity contribution in [3.05, 3.63) is 71.5 Å². The molecule has 0 aliphatic rings. The largest absolute Gasteiger partial charge is 0.487 e. The predicted molar refractivity (Wildman–Crippen MR) is 82.8 cm³/mol. The summed E-state index contributed by atoms with van der Waals surface area (Å²) in [5.74, 6) is 0.768. The third kappa shape index (κ3) is 2.84. The van der Waals surface area contributed by atoms with Crippen LogP contribution in [0.25, 0.3) is 5.69 Å². The summed E-state index contributed by atoms with van der Waals surface area (Å²) in [6, 6.07) is 17.5. The first-order valence-corrected chi connectivity index (χ1v) is 7.07. The van der Waals surface area contributed by atoms with Gasteiger partial charge in [-0.25, -0.2) is 4.68 Å². The topological polar surface area (TPSA) is 60.2 Å². The van der Waals surface area contributed by atoms with Gasteiger partial charge in [0, 0.05) is 0 Å². The van der Waals surface area contributed by atoms with E-state index < -0.39 is 0 Å². The van der Waals surface area contributed by atoms with Crippen molar-refractivity contribution in [2.24, 2.45) is 0 Å². The molecule has 112 valence electrons. The molecule has 2 aromatic carbocycles. The summed E-state index contributed by atoms with van der Waals surface area (Å²) < 4.78 is 7.51. The molecule has 1 heterocycles. The highest BCUT2D eigenvalue weighted by Crippen LogP contribution is 2.19. The van der Waals surface area contributed by atoms with Gasteiger partial charge in [0.05, 0.1) is 12.3 Å². The fraction of sp³-hybridized carbons (Fsp3) is 0.176. The third-order valence-electron chi connectivity index (χ3n) is 3.46. The minimum Gasteiger partial charge on any atom is -0.487 e. The highest BCUT2D eigenvalue weighted by atomic mass is 16.5. The number of aromatic nitrogens is 3. The van der Waals surface area contributed by atoms with Crippen LogP contribution in [0.15, 0.2) is 54.6 Å². The summed E-state index contributed by atoms with van der Waals surface area (Å²) in [6.07, 6.45) is 0. The zero-order valence-corrected chi connectivity index (χ0v) is 12.3. The molecule has 0 unspecified atom stereocenters. The van der Waals surface area contributed by atoms with Gasteiger partial charge < -0.3 is 9.84 Å². The first-order valence-electron chi connectivity index (χ1n) is 7.07. The molecular weight excluding hydrogens is 278 g/mol. The molecule has 0 atom stereocenters. The molecule has 0 fully saturated rings. The normalized spacial score (nSPS) is 10.6. The van der Waals surface area contributed by atoms with Gasteiger partial charge in [-0.15, -0.1) is 5.10 Å². The maximum atomic E-state index is 9.47. The van der Waals surface area contributed by atoms with Crippen LogP contribution >= 0.6 is 0 Å². The molecule has 0 bridgehead atoms. The van der Waals surface area contributed by atoms with Gasteiger partial charge in [0.15, 0.2) is 0 Å². The van der Waals surface area contributed by atoms with Crippen LogP contribution in [0.1, 0.15) is 17.0 Å². The summed E-state index contributed by atoms with van der Waals surface area (Å²) in [6.45, 7) is 2.14. The maximum absolute atomic E-state index is 9.47. The molecule has 0 amide bonds. The highest BCUT2D eigenvalue weighted by Gasteiger charge is 2.15. The van der Waals surface area contributed by atoms with E-state index in [1.54, 1.807) is 4.68 Å². The number of para-hydroxylation sites is 2. The zero-order chi connectivity index (χ0) is 15.4. The van der Waals surface area contributed by atoms with Crippen molar-refractivity contribution in [3.63, 3.8) is 0 Å². The number of aliphatic hydroxyl groups is 1. The van der Waals surface area contributed by atoms with E-state index in [1.165, 1.54) is 0 Å². The average Bonchev–Trinajstić information content (AvgIpc) is 2.97. The van der Waals surface area contributed by atoms with Crippen molar-refractivity contribution in [1.82, 2.24) is 15.0 Å². The van der Waals surface area contributed by atoms with Gasteiger partial charge in [0.1, 0.15) is 23.7 Å². The van der Waals surface area contributed by atoms with Gasteiger partial charge in [-0.1, -0.05) is 41.6 Å². The molecule has 1 aromatic heterocycles. The standard InChI is InChI=1S/C17H17N3O2/c1-13-7-5-6-10-16(13)20-17(15(11-21)18-19-20)12-22-14-8-3-2-4-9-14/h2-10,21H,11-12H2,1H3. The molecule has 3 aromatic rings. The van der Waals surface area contributed by atoms with E-state index in [0.29, 0.717) is 12.3 Å². The maximum Gasteiger partial charge on any atom is 0.132 e. The fourth-order valence-corrected chi connectivity index (χ4v) is 2.26. The summed E-state index contributed by atoms with van der Waals surface area (Å²) >= 11 is 0. The molecule has 0 spiro atoms. The first kappa shape index (κ1) is 14.3. The summed E-state index contributed by atoms with van der Waals surface area (Å²) in [4.78, 5) is 0. The molecule has 0 aliphatic carbocycles. The molecule has 22 heavy (non-hydrogen) atoms. The number of aliphatic hydroxyl groups excluding tert-OH is 1. The molecule has 1 N–H and O–H groups in total. The molecule has 3 rings (SSSR count). The van der Waals surface area contributed by atoms with Crippen LogP contribution in [-0.4, -0.2) is 20.1 Å². The Bertz CT molecular complexity index is 754. The Labute approximate surface area is 128 Å². The number of hydrogen-bond donors (Lipinski definition) is 1. The van der Waals surface area contributed by atoms with E-state index >= 15 is 0 Å². The van der Waals surface area contributed by atoms with Gasteiger partial charge in [0.25, 0.3) is 0 Å². The quantitative estimate of drug-likeness (QED) is 0.786. The lowest BCUT2D eigenvalue weighted by Gasteiger charge is -2.11. The molecular formula is C17H17N3O2. The van der Waals surface area contributed by atoms with E-state index in [4.69, 9.17) is 4.74 Å². The number of aryl methyl sites for hydroxylation is 1. The van der Waals surface area contributed by atoms with Crippen molar-refractivity contribution < 1.29 is 9.84 Å². The van der Waals surface area contributed by atoms with Crippen LogP contribution in [0.2, 0.25) is 0 Å². The second-order valence-electron chi connectivity index (χ2n) is 4.94. The first-order chi connectivity index (χ1) is 10.8. The summed E-state index contributed by atoms with van der Waals surface area (Å²) in [5.41, 5.74) is 3.29. The van der Waals surface area contributed by atoms with E-state index in [1.807, 2.05) is 61.5 Å². The SMILES string of the molecule is Cc1ccccc1-n1nnc(CO)c1COc1ccccc1. The zero-order valence-electron chi connectivity index (χ0n) is 12.3. The van der Waals surface area contributed by atoms with Gasteiger partial charge in [0.2, 0.25) is 0 Å². The van der Waals surface area contributed by atoms with Crippen LogP contribution in [-0.2, 0) is 13.2 Å². The van der Waals surface area contributed by atoms with Crippen LogP contribution < -0.4 is 4.74 Å². The van der Waals surface area contributed by atoms with Crippen molar-refractivity contribution in [3.8, 4) is 11.4 Å². The molecule has 5 heteroatoms. The molecule has 0 saturated carbocycles. The van der Waals surface area contributed by atoms with Gasteiger partial charge in [-0.05, 0) is 30.7 Å². The lowest BCUT2D eigenvalue weighted by atomic mass is 10.2. The number of nitrogens with zero attached hydrogens (tertiary/aromatic N) is 3. The lowest BCUT2D eigenvalue weighted by Crippen LogP contribution is -2.08. The minimum absolute atomic E-state index is 0.167. The average molecular weight is 295 g/mol. The predicted octanol–water partition coefficient (Wildman–Crippen LogP) is 2.65. The molecule has 0 radical (unpaired) electrons. The van der Waals surface area contributed by atoms with Crippen molar-refractivity contribution >= 4 is 0 Å². The fourth-order valence-electron chi connectivity index (χ4n) is 2.26. The van der Waals surface area contributed by atoms with E-state index in [9.17, 15) is 5.11 Å². The third-order valence-corrected chi connectivity index (χ3v) is 3.46. The van der Waals surface area contributed by atoms with Crippen molar-refractivity contribution in [1.29, 1.82) is 0 Å². The van der Waals surface area contributed by atoms with E-state index in [0.717, 1.165) is 22.7 Å². The van der Waals surface area contributed by atoms with Crippen LogP contribution in [0, 0.1) is 6.92 Å². The number of benzene rings is 2. The molecule has 0 saturated heterocycles. The minimum atomic E-state index is -0.167. The van der Waals surface area contributed by atoms with Crippen LogP contribution in [0.5, 0.6) is 5.75 Å². The van der Waals surface area contributed by atoms with E-state index in [2.05, 4.69) is 10.3 Å². The lowest BCUT2D eigenvalue weighted by molar-refractivity contribution is 0.263. The molecule has 5 nitrogen and oxygen atoms in total. The number of rotatable bonds is 5. The van der Waals surface area contributed by atoms with Gasteiger partial charge in [-0.2, -0.15) is 0 Å². The van der Waals surface area contributed by atoms with Crippen molar-refractivity contribution in [2.45, 2.75) is 20.1 Å². The Balaban J connectivity index is 1.93. The molecule has 0 aliphatic heterocycles. The summed E-state index contributed by atoms with van der Waals surface area (Å²) in [5, 5.41) is 17.7. The highest BCUT2D eigenvalue weighted by molar-refractivity contribution is 5.40.